The summed E-state index contributed by atoms with van der Waals surface area (Å²) in [4.78, 5) is 24.8. The van der Waals surface area contributed by atoms with Gasteiger partial charge in [-0.3, -0.25) is 9.59 Å². The molecule has 8 nitrogen and oxygen atoms in total. The molecule has 4 aliphatic rings. The number of carbonyl (C=O) groups excluding carboxylic acids is 1. The van der Waals surface area contributed by atoms with Gasteiger partial charge in [-0.1, -0.05) is 18.2 Å². The number of nitrogens with one attached hydrogen (secondary N) is 1. The van der Waals surface area contributed by atoms with Gasteiger partial charge in [0.15, 0.2) is 0 Å². The van der Waals surface area contributed by atoms with E-state index in [4.69, 9.17) is 4.74 Å². The first kappa shape index (κ1) is 20.1. The number of aliphatic carboxylic acids is 1. The van der Waals surface area contributed by atoms with Gasteiger partial charge < -0.3 is 15.2 Å². The molecule has 3 aliphatic carbocycles. The molecule has 0 radical (unpaired) electrons. The molecule has 2 bridgehead atoms. The number of benzene rings is 1. The first-order valence-corrected chi connectivity index (χ1v) is 11.2. The average Bonchev–Trinajstić information content (AvgIpc) is 2.74. The van der Waals surface area contributed by atoms with Gasteiger partial charge >= 0.3 is 5.97 Å². The number of nitrogens with zero attached hydrogens (tertiary/aromatic N) is 1. The fourth-order valence-corrected chi connectivity index (χ4v) is 6.04. The van der Waals surface area contributed by atoms with Crippen LogP contribution in [-0.2, 0) is 24.3 Å². The molecule has 1 aromatic carbocycles. The van der Waals surface area contributed by atoms with E-state index in [2.05, 4.69) is 5.32 Å². The second-order valence-electron chi connectivity index (χ2n) is 7.71. The molecule has 1 saturated carbocycles. The van der Waals surface area contributed by atoms with Crippen molar-refractivity contribution in [2.75, 3.05) is 31.6 Å². The molecular weight excluding hydrogens is 396 g/mol. The highest BCUT2D eigenvalue weighted by molar-refractivity contribution is 7.89. The zero-order valence-electron chi connectivity index (χ0n) is 15.9. The second kappa shape index (κ2) is 7.89. The summed E-state index contributed by atoms with van der Waals surface area (Å²) in [5.74, 6) is -3.00. The summed E-state index contributed by atoms with van der Waals surface area (Å²) in [6.45, 7) is 1.28. The van der Waals surface area contributed by atoms with Gasteiger partial charge in [-0.05, 0) is 42.9 Å². The zero-order chi connectivity index (χ0) is 20.6. The van der Waals surface area contributed by atoms with Gasteiger partial charge in [-0.15, -0.1) is 0 Å². The number of ether oxygens (including phenoxy) is 1. The molecule has 1 amide bonds. The molecule has 0 unspecified atom stereocenters. The number of hydrogen-bond acceptors (Lipinski definition) is 5. The van der Waals surface area contributed by atoms with E-state index in [1.54, 1.807) is 12.1 Å². The van der Waals surface area contributed by atoms with Gasteiger partial charge in [0.25, 0.3) is 0 Å². The summed E-state index contributed by atoms with van der Waals surface area (Å²) < 4.78 is 32.3. The van der Waals surface area contributed by atoms with Gasteiger partial charge in [0, 0.05) is 18.8 Å². The van der Waals surface area contributed by atoms with E-state index in [9.17, 15) is 23.1 Å². The Morgan fingerprint density at radius 3 is 2.34 bits per heavy atom. The highest BCUT2D eigenvalue weighted by Gasteiger charge is 2.48. The van der Waals surface area contributed by atoms with E-state index in [1.165, 1.54) is 16.4 Å². The predicted octanol–water partition coefficient (Wildman–Crippen LogP) is 1.56. The Hall–Kier alpha value is -2.23. The Balaban J connectivity index is 1.54. The minimum atomic E-state index is -3.68. The Morgan fingerprint density at radius 1 is 1.07 bits per heavy atom. The smallest absolute Gasteiger partial charge is 0.307 e. The van der Waals surface area contributed by atoms with E-state index in [0.717, 1.165) is 12.8 Å². The quantitative estimate of drug-likeness (QED) is 0.699. The molecular formula is C20H24N2O6S. The van der Waals surface area contributed by atoms with Crippen molar-refractivity contribution in [3.63, 3.8) is 0 Å². The number of carbonyl (C=O) groups is 2. The largest absolute Gasteiger partial charge is 0.481 e. The van der Waals surface area contributed by atoms with E-state index < -0.39 is 27.8 Å². The number of sulfonamides is 1. The number of rotatable bonds is 5. The molecule has 1 aromatic rings. The Morgan fingerprint density at radius 2 is 1.72 bits per heavy atom. The van der Waals surface area contributed by atoms with Crippen molar-refractivity contribution in [3.8, 4) is 0 Å². The third-order valence-electron chi connectivity index (χ3n) is 6.05. The number of anilines is 1. The molecule has 1 saturated heterocycles. The van der Waals surface area contributed by atoms with E-state index in [1.807, 2.05) is 12.2 Å². The van der Waals surface area contributed by atoms with Crippen LogP contribution < -0.4 is 5.32 Å². The first-order chi connectivity index (χ1) is 13.9. The molecule has 156 valence electrons. The summed E-state index contributed by atoms with van der Waals surface area (Å²) in [6.07, 6.45) is 5.41. The molecule has 9 heteroatoms. The lowest BCUT2D eigenvalue weighted by molar-refractivity contribution is -0.151. The number of morpholine rings is 1. The second-order valence-corrected chi connectivity index (χ2v) is 9.65. The average molecular weight is 420 g/mol. The number of hydrogen-bond donors (Lipinski definition) is 2. The molecule has 2 fully saturated rings. The normalized spacial score (nSPS) is 29.5. The van der Waals surface area contributed by atoms with Crippen LogP contribution in [0.3, 0.4) is 0 Å². The molecule has 0 aromatic heterocycles. The van der Waals surface area contributed by atoms with Crippen LogP contribution >= 0.6 is 0 Å². The maximum absolute atomic E-state index is 13.0. The molecule has 2 N–H and O–H groups in total. The van der Waals surface area contributed by atoms with Crippen LogP contribution in [0, 0.1) is 23.7 Å². The fourth-order valence-electron chi connectivity index (χ4n) is 4.58. The number of carboxylic acid groups (broad SMARTS) is 1. The van der Waals surface area contributed by atoms with Crippen LogP contribution in [-0.4, -0.2) is 56.0 Å². The van der Waals surface area contributed by atoms with E-state index in [0.29, 0.717) is 18.9 Å². The highest BCUT2D eigenvalue weighted by atomic mass is 32.2. The standard InChI is InChI=1S/C20H24N2O6S/c23-19(17-13-4-6-14(7-5-13)18(17)20(24)25)21-15-2-1-3-16(12-15)29(26,27)22-8-10-28-11-9-22/h1-4,6,12-14,17-18H,5,7-11H2,(H,21,23)(H,24,25)/t13-,14+,17-,18+/m0/s1. The Kier molecular flexibility index (Phi) is 5.46. The maximum atomic E-state index is 13.0. The van der Waals surface area contributed by atoms with Crippen molar-refractivity contribution in [1.82, 2.24) is 4.31 Å². The van der Waals surface area contributed by atoms with E-state index >= 15 is 0 Å². The molecule has 1 aliphatic heterocycles. The summed E-state index contributed by atoms with van der Waals surface area (Å²) >= 11 is 0. The van der Waals surface area contributed by atoms with Crippen LogP contribution in [0.2, 0.25) is 0 Å². The number of carboxylic acids is 1. The first-order valence-electron chi connectivity index (χ1n) is 9.78. The van der Waals surface area contributed by atoms with Gasteiger partial charge in [0.05, 0.1) is 29.9 Å². The number of amides is 1. The van der Waals surface area contributed by atoms with Gasteiger partial charge in [0.1, 0.15) is 0 Å². The zero-order valence-corrected chi connectivity index (χ0v) is 16.7. The van der Waals surface area contributed by atoms with Gasteiger partial charge in [0.2, 0.25) is 15.9 Å². The summed E-state index contributed by atoms with van der Waals surface area (Å²) in [5, 5.41) is 12.4. The van der Waals surface area contributed by atoms with Gasteiger partial charge in [-0.2, -0.15) is 4.31 Å². The van der Waals surface area contributed by atoms with Crippen molar-refractivity contribution < 1.29 is 27.9 Å². The monoisotopic (exact) mass is 420 g/mol. The molecule has 0 spiro atoms. The SMILES string of the molecule is O=C(Nc1cccc(S(=O)(=O)N2CCOCC2)c1)[C@@H]1[C@H](C(=O)O)[C@@H]2C=C[C@H]1CC2. The Bertz CT molecular complexity index is 938. The number of allylic oxidation sites excluding steroid dienone is 2. The lowest BCUT2D eigenvalue weighted by atomic mass is 9.62. The minimum absolute atomic E-state index is 0.0945. The van der Waals surface area contributed by atoms with E-state index in [-0.39, 0.29) is 35.7 Å². The van der Waals surface area contributed by atoms with Crippen LogP contribution in [0.1, 0.15) is 12.8 Å². The van der Waals surface area contributed by atoms with Crippen molar-refractivity contribution in [2.45, 2.75) is 17.7 Å². The van der Waals surface area contributed by atoms with Crippen molar-refractivity contribution in [2.24, 2.45) is 23.7 Å². The summed E-state index contributed by atoms with van der Waals surface area (Å²) in [7, 11) is -3.68. The lowest BCUT2D eigenvalue weighted by Crippen LogP contribution is -2.47. The van der Waals surface area contributed by atoms with Gasteiger partial charge in [-0.25, -0.2) is 8.42 Å². The van der Waals surface area contributed by atoms with Crippen LogP contribution in [0.5, 0.6) is 0 Å². The molecule has 29 heavy (non-hydrogen) atoms. The number of fused-ring (bicyclic) bond motifs is 2. The maximum Gasteiger partial charge on any atom is 0.307 e. The highest BCUT2D eigenvalue weighted by Crippen LogP contribution is 2.45. The third-order valence-corrected chi connectivity index (χ3v) is 7.94. The minimum Gasteiger partial charge on any atom is -0.481 e. The predicted molar refractivity (Wildman–Crippen MR) is 105 cm³/mol. The fraction of sp³-hybridized carbons (Fsp3) is 0.500. The van der Waals surface area contributed by atoms with Crippen molar-refractivity contribution in [3.05, 3.63) is 36.4 Å². The van der Waals surface area contributed by atoms with Crippen LogP contribution in [0.4, 0.5) is 5.69 Å². The Labute approximate surface area is 169 Å². The third kappa shape index (κ3) is 3.82. The van der Waals surface area contributed by atoms with Crippen LogP contribution in [0.25, 0.3) is 0 Å². The van der Waals surface area contributed by atoms with Crippen molar-refractivity contribution >= 4 is 27.6 Å². The molecule has 1 heterocycles. The lowest BCUT2D eigenvalue weighted by Gasteiger charge is -2.41. The summed E-state index contributed by atoms with van der Waals surface area (Å²) in [6, 6.07) is 6.11. The topological polar surface area (TPSA) is 113 Å². The van der Waals surface area contributed by atoms with Crippen LogP contribution in [0.15, 0.2) is 41.3 Å². The van der Waals surface area contributed by atoms with Crippen molar-refractivity contribution in [1.29, 1.82) is 0 Å². The molecule has 5 rings (SSSR count). The molecule has 4 atom stereocenters. The summed E-state index contributed by atoms with van der Waals surface area (Å²) in [5.41, 5.74) is 0.346.